The van der Waals surface area contributed by atoms with Crippen molar-refractivity contribution < 1.29 is 4.12 Å². The molecule has 0 aliphatic rings. The summed E-state index contributed by atoms with van der Waals surface area (Å²) in [6.45, 7) is 16.4. The predicted molar refractivity (Wildman–Crippen MR) is 61.3 cm³/mol. The van der Waals surface area contributed by atoms with Crippen molar-refractivity contribution in [3.05, 3.63) is 24.9 Å². The summed E-state index contributed by atoms with van der Waals surface area (Å²) in [5, 5.41) is 0. The Morgan fingerprint density at radius 2 is 1.67 bits per heavy atom. The Kier molecular flexibility index (Phi) is 4.16. The van der Waals surface area contributed by atoms with Gasteiger partial charge >= 0.3 is 0 Å². The molecular formula is C9H20OSi2. The van der Waals surface area contributed by atoms with Gasteiger partial charge < -0.3 is 4.12 Å². The van der Waals surface area contributed by atoms with Crippen LogP contribution >= 0.6 is 0 Å². The van der Waals surface area contributed by atoms with Gasteiger partial charge in [-0.05, 0) is 32.2 Å². The quantitative estimate of drug-likeness (QED) is 0.489. The predicted octanol–water partition coefficient (Wildman–Crippen LogP) is 3.32. The topological polar surface area (TPSA) is 9.23 Å². The van der Waals surface area contributed by atoms with Crippen LogP contribution < -0.4 is 0 Å². The smallest absolute Gasteiger partial charge is 0.198 e. The van der Waals surface area contributed by atoms with Crippen LogP contribution in [0.15, 0.2) is 24.9 Å². The summed E-state index contributed by atoms with van der Waals surface area (Å²) in [6.07, 6.45) is 1.96. The van der Waals surface area contributed by atoms with Crippen LogP contribution in [0.2, 0.25) is 32.2 Å². The van der Waals surface area contributed by atoms with Gasteiger partial charge in [-0.25, -0.2) is 0 Å². The Balaban J connectivity index is 4.21. The van der Waals surface area contributed by atoms with Crippen molar-refractivity contribution in [1.82, 2.24) is 0 Å². The first-order valence-electron chi connectivity index (χ1n) is 4.28. The molecule has 70 valence electrons. The Hall–Kier alpha value is -0.126. The molecule has 1 nitrogen and oxygen atoms in total. The van der Waals surface area contributed by atoms with Gasteiger partial charge in [-0.15, -0.1) is 13.2 Å². The lowest BCUT2D eigenvalue weighted by Gasteiger charge is -2.30. The molecule has 0 aromatic heterocycles. The van der Waals surface area contributed by atoms with Crippen molar-refractivity contribution >= 4 is 16.6 Å². The van der Waals surface area contributed by atoms with Crippen LogP contribution in [0.3, 0.4) is 0 Å². The largest absolute Gasteiger partial charge is 0.452 e. The van der Waals surface area contributed by atoms with Gasteiger partial charge in [0.15, 0.2) is 16.6 Å². The first-order chi connectivity index (χ1) is 5.33. The minimum Gasteiger partial charge on any atom is -0.452 e. The zero-order chi connectivity index (χ0) is 9.83. The molecule has 0 atom stereocenters. The third-order valence-electron chi connectivity index (χ3n) is 1.67. The van der Waals surface area contributed by atoms with Crippen LogP contribution in [0, 0.1) is 0 Å². The zero-order valence-corrected chi connectivity index (χ0v) is 10.7. The average Bonchev–Trinajstić information content (AvgIpc) is 1.85. The van der Waals surface area contributed by atoms with Crippen LogP contribution in [0.25, 0.3) is 0 Å². The second kappa shape index (κ2) is 4.21. The van der Waals surface area contributed by atoms with E-state index in [0.29, 0.717) is 0 Å². The fourth-order valence-corrected chi connectivity index (χ4v) is 8.20. The molecule has 0 aliphatic carbocycles. The molecule has 0 N–H and O–H groups in total. The first-order valence-corrected chi connectivity index (χ1v) is 10.4. The van der Waals surface area contributed by atoms with Gasteiger partial charge in [0.25, 0.3) is 0 Å². The molecule has 0 saturated carbocycles. The molecule has 0 saturated heterocycles. The molecule has 3 heteroatoms. The van der Waals surface area contributed by atoms with Crippen molar-refractivity contribution in [3.8, 4) is 0 Å². The maximum absolute atomic E-state index is 6.10. The molecule has 0 amide bonds. The Labute approximate surface area is 78.4 Å². The minimum absolute atomic E-state index is 1.03. The minimum atomic E-state index is -1.57. The van der Waals surface area contributed by atoms with Gasteiger partial charge in [-0.2, -0.15) is 0 Å². The highest BCUT2D eigenvalue weighted by Gasteiger charge is 2.29. The number of hydrogen-bond donors (Lipinski definition) is 0. The average molecular weight is 200 g/mol. The summed E-state index contributed by atoms with van der Waals surface area (Å²) >= 11 is 0. The molecule has 0 aliphatic heterocycles. The molecule has 0 unspecified atom stereocenters. The fraction of sp³-hybridized carbons (Fsp3) is 0.556. The SMILES string of the molecule is C=CC[Si](C)(C)O[Si](C)(C)C=C. The van der Waals surface area contributed by atoms with E-state index in [-0.39, 0.29) is 0 Å². The fourth-order valence-electron chi connectivity index (χ4n) is 1.14. The maximum Gasteiger partial charge on any atom is 0.198 e. The Morgan fingerprint density at radius 3 is 2.00 bits per heavy atom. The molecule has 12 heavy (non-hydrogen) atoms. The second-order valence-corrected chi connectivity index (χ2v) is 12.5. The van der Waals surface area contributed by atoms with Crippen molar-refractivity contribution in [2.24, 2.45) is 0 Å². The number of rotatable bonds is 5. The van der Waals surface area contributed by atoms with E-state index in [0.717, 1.165) is 6.04 Å². The van der Waals surface area contributed by atoms with Gasteiger partial charge in [0, 0.05) is 0 Å². The molecular weight excluding hydrogens is 180 g/mol. The third kappa shape index (κ3) is 4.69. The first kappa shape index (κ1) is 11.9. The lowest BCUT2D eigenvalue weighted by molar-refractivity contribution is 0.559. The van der Waals surface area contributed by atoms with E-state index in [9.17, 15) is 0 Å². The molecule has 0 radical (unpaired) electrons. The van der Waals surface area contributed by atoms with Crippen LogP contribution in [-0.2, 0) is 4.12 Å². The second-order valence-electron chi connectivity index (χ2n) is 4.16. The van der Waals surface area contributed by atoms with Crippen molar-refractivity contribution in [1.29, 1.82) is 0 Å². The number of allylic oxidation sites excluding steroid dienone is 1. The van der Waals surface area contributed by atoms with Crippen molar-refractivity contribution in [3.63, 3.8) is 0 Å². The van der Waals surface area contributed by atoms with Crippen LogP contribution in [0.1, 0.15) is 0 Å². The Bertz CT molecular complexity index is 173. The molecule has 0 rings (SSSR count). The normalized spacial score (nSPS) is 12.7. The standard InChI is InChI=1S/C9H20OSi2/c1-7-9-12(5,6)10-11(3,4)8-2/h7-8H,1-2,9H2,3-6H3. The molecule has 0 bridgehead atoms. The van der Waals surface area contributed by atoms with Crippen LogP contribution in [0.5, 0.6) is 0 Å². The molecule has 0 fully saturated rings. The Morgan fingerprint density at radius 1 is 1.17 bits per heavy atom. The monoisotopic (exact) mass is 200 g/mol. The summed E-state index contributed by atoms with van der Waals surface area (Å²) in [6, 6.07) is 1.03. The molecule has 0 spiro atoms. The molecule has 0 heterocycles. The lowest BCUT2D eigenvalue weighted by Crippen LogP contribution is -2.42. The van der Waals surface area contributed by atoms with Gasteiger partial charge in [0.05, 0.1) is 0 Å². The van der Waals surface area contributed by atoms with E-state index in [1.54, 1.807) is 0 Å². The lowest BCUT2D eigenvalue weighted by atomic mass is 10.8. The van der Waals surface area contributed by atoms with Crippen molar-refractivity contribution in [2.45, 2.75) is 32.2 Å². The van der Waals surface area contributed by atoms with E-state index in [1.165, 1.54) is 0 Å². The summed E-state index contributed by atoms with van der Waals surface area (Å²) in [5.41, 5.74) is 1.99. The van der Waals surface area contributed by atoms with Gasteiger partial charge in [0.1, 0.15) is 0 Å². The third-order valence-corrected chi connectivity index (χ3v) is 8.24. The van der Waals surface area contributed by atoms with Crippen LogP contribution in [-0.4, -0.2) is 16.6 Å². The summed E-state index contributed by atoms with van der Waals surface area (Å²) in [4.78, 5) is 0. The van der Waals surface area contributed by atoms with E-state index >= 15 is 0 Å². The maximum atomic E-state index is 6.10. The van der Waals surface area contributed by atoms with Gasteiger partial charge in [-0.1, -0.05) is 11.8 Å². The van der Waals surface area contributed by atoms with Crippen molar-refractivity contribution in [2.75, 3.05) is 0 Å². The van der Waals surface area contributed by atoms with Crippen LogP contribution in [0.4, 0.5) is 0 Å². The van der Waals surface area contributed by atoms with Gasteiger partial charge in [-0.3, -0.25) is 0 Å². The highest BCUT2D eigenvalue weighted by Crippen LogP contribution is 2.18. The van der Waals surface area contributed by atoms with E-state index in [4.69, 9.17) is 4.12 Å². The van der Waals surface area contributed by atoms with Gasteiger partial charge in [0.2, 0.25) is 0 Å². The van der Waals surface area contributed by atoms with E-state index in [1.807, 2.05) is 11.8 Å². The number of hydrogen-bond acceptors (Lipinski definition) is 1. The highest BCUT2D eigenvalue weighted by atomic mass is 28.4. The highest BCUT2D eigenvalue weighted by molar-refractivity contribution is 6.87. The zero-order valence-electron chi connectivity index (χ0n) is 8.68. The summed E-state index contributed by atoms with van der Waals surface area (Å²) < 4.78 is 6.10. The van der Waals surface area contributed by atoms with E-state index in [2.05, 4.69) is 39.3 Å². The summed E-state index contributed by atoms with van der Waals surface area (Å²) in [5.74, 6) is 0. The van der Waals surface area contributed by atoms with E-state index < -0.39 is 16.6 Å². The summed E-state index contributed by atoms with van der Waals surface area (Å²) in [7, 11) is -3.06. The molecule has 0 aromatic rings. The molecule has 0 aromatic carbocycles.